The Balaban J connectivity index is 1.48. The molecule has 2 aromatic heterocycles. The Bertz CT molecular complexity index is 1930. The number of pyridine rings is 2. The van der Waals surface area contributed by atoms with Crippen LogP contribution in [0.25, 0.3) is 44.4 Å². The molecule has 0 fully saturated rings. The Labute approximate surface area is 208 Å². The van der Waals surface area contributed by atoms with Gasteiger partial charge in [0.15, 0.2) is 0 Å². The van der Waals surface area contributed by atoms with Crippen molar-refractivity contribution < 1.29 is 0 Å². The lowest BCUT2D eigenvalue weighted by Gasteiger charge is -2.30. The molecule has 3 aliphatic rings. The van der Waals surface area contributed by atoms with Gasteiger partial charge in [0, 0.05) is 29.8 Å². The minimum absolute atomic E-state index is 0.353. The number of benzene rings is 4. The molecule has 1 atom stereocenters. The molecule has 4 aromatic carbocycles. The Morgan fingerprint density at radius 1 is 0.528 bits per heavy atom. The van der Waals surface area contributed by atoms with Gasteiger partial charge in [0.2, 0.25) is 0 Å². The molecule has 0 radical (unpaired) electrons. The first-order valence-corrected chi connectivity index (χ1v) is 12.6. The molecule has 36 heavy (non-hydrogen) atoms. The molecule has 2 heterocycles. The van der Waals surface area contributed by atoms with Crippen molar-refractivity contribution in [2.75, 3.05) is 0 Å². The fourth-order valence-corrected chi connectivity index (χ4v) is 7.27. The lowest BCUT2D eigenvalue weighted by Crippen LogP contribution is -2.26. The average molecular weight is 457 g/mol. The minimum Gasteiger partial charge on any atom is -0.256 e. The third kappa shape index (κ3) is 2.02. The smallest absolute Gasteiger partial charge is 0.0740 e. The molecule has 9 rings (SSSR count). The van der Waals surface area contributed by atoms with Crippen molar-refractivity contribution in [3.05, 3.63) is 143 Å². The first-order valence-electron chi connectivity index (χ1n) is 12.6. The molecule has 6 aromatic rings. The monoisotopic (exact) mass is 456 g/mol. The van der Waals surface area contributed by atoms with Gasteiger partial charge >= 0.3 is 0 Å². The molecule has 0 saturated carbocycles. The van der Waals surface area contributed by atoms with Gasteiger partial charge < -0.3 is 0 Å². The molecule has 2 heteroatoms. The summed E-state index contributed by atoms with van der Waals surface area (Å²) in [5.74, 6) is 0. The molecule has 3 aliphatic carbocycles. The first kappa shape index (κ1) is 18.7. The molecule has 0 saturated heterocycles. The lowest BCUT2D eigenvalue weighted by molar-refractivity contribution is 0.794. The number of fused-ring (bicyclic) bond motifs is 15. The van der Waals surface area contributed by atoms with Crippen LogP contribution in [0.2, 0.25) is 0 Å². The Morgan fingerprint density at radius 2 is 1.31 bits per heavy atom. The van der Waals surface area contributed by atoms with Crippen LogP contribution in [-0.4, -0.2) is 9.97 Å². The van der Waals surface area contributed by atoms with Crippen LogP contribution in [-0.2, 0) is 11.8 Å². The SMILES string of the molecule is c1cnc2c(c1)Cc1cc3c(cc1-2)C1(c2ccccc2-3)c2ccccc2-c2c1ccc1ncccc21. The van der Waals surface area contributed by atoms with E-state index in [2.05, 4.69) is 97.1 Å². The maximum Gasteiger partial charge on any atom is 0.0740 e. The summed E-state index contributed by atoms with van der Waals surface area (Å²) in [5.41, 5.74) is 16.6. The van der Waals surface area contributed by atoms with Gasteiger partial charge in [-0.2, -0.15) is 0 Å². The van der Waals surface area contributed by atoms with E-state index in [1.165, 1.54) is 66.6 Å². The molecule has 1 unspecified atom stereocenters. The van der Waals surface area contributed by atoms with Gasteiger partial charge in [-0.3, -0.25) is 9.97 Å². The highest BCUT2D eigenvalue weighted by Gasteiger charge is 2.52. The molecule has 0 N–H and O–H groups in total. The van der Waals surface area contributed by atoms with Crippen molar-refractivity contribution in [3.63, 3.8) is 0 Å². The average Bonchev–Trinajstić information content (AvgIpc) is 3.55. The Morgan fingerprint density at radius 3 is 2.22 bits per heavy atom. The van der Waals surface area contributed by atoms with Crippen LogP contribution in [0.5, 0.6) is 0 Å². The zero-order chi connectivity index (χ0) is 23.4. The van der Waals surface area contributed by atoms with Crippen molar-refractivity contribution >= 4 is 10.9 Å². The third-order valence-electron chi connectivity index (χ3n) is 8.59. The summed E-state index contributed by atoms with van der Waals surface area (Å²) in [7, 11) is 0. The second-order valence-corrected chi connectivity index (χ2v) is 10.1. The predicted octanol–water partition coefficient (Wildman–Crippen LogP) is 7.54. The maximum atomic E-state index is 4.81. The van der Waals surface area contributed by atoms with E-state index in [1.807, 2.05) is 12.4 Å². The van der Waals surface area contributed by atoms with Crippen LogP contribution < -0.4 is 0 Å². The zero-order valence-electron chi connectivity index (χ0n) is 19.5. The Kier molecular flexibility index (Phi) is 3.31. The third-order valence-corrected chi connectivity index (χ3v) is 8.59. The Hall–Kier alpha value is -4.56. The molecule has 0 aliphatic heterocycles. The van der Waals surface area contributed by atoms with E-state index in [0.29, 0.717) is 0 Å². The minimum atomic E-state index is -0.353. The summed E-state index contributed by atoms with van der Waals surface area (Å²) >= 11 is 0. The highest BCUT2D eigenvalue weighted by Crippen LogP contribution is 2.64. The van der Waals surface area contributed by atoms with Gasteiger partial charge in [-0.15, -0.1) is 0 Å². The van der Waals surface area contributed by atoms with Gasteiger partial charge in [0.25, 0.3) is 0 Å². The summed E-state index contributed by atoms with van der Waals surface area (Å²) in [4.78, 5) is 9.51. The number of rotatable bonds is 0. The normalized spacial score (nSPS) is 17.4. The largest absolute Gasteiger partial charge is 0.256 e. The molecule has 0 bridgehead atoms. The van der Waals surface area contributed by atoms with Gasteiger partial charge in [0.1, 0.15) is 0 Å². The maximum absolute atomic E-state index is 4.81. The van der Waals surface area contributed by atoms with Crippen LogP contribution in [0.15, 0.2) is 109 Å². The van der Waals surface area contributed by atoms with Crippen molar-refractivity contribution in [2.24, 2.45) is 0 Å². The molecular weight excluding hydrogens is 436 g/mol. The van der Waals surface area contributed by atoms with E-state index in [0.717, 1.165) is 17.6 Å². The highest BCUT2D eigenvalue weighted by molar-refractivity contribution is 6.05. The summed E-state index contributed by atoms with van der Waals surface area (Å²) in [6.07, 6.45) is 4.76. The molecular formula is C34H20N2. The molecule has 2 nitrogen and oxygen atoms in total. The van der Waals surface area contributed by atoms with Crippen molar-refractivity contribution in [1.29, 1.82) is 0 Å². The zero-order valence-corrected chi connectivity index (χ0v) is 19.5. The molecule has 1 spiro atoms. The summed E-state index contributed by atoms with van der Waals surface area (Å²) in [6.45, 7) is 0. The number of hydrogen-bond donors (Lipinski definition) is 0. The van der Waals surface area contributed by atoms with E-state index in [-0.39, 0.29) is 5.41 Å². The lowest BCUT2D eigenvalue weighted by atomic mass is 9.70. The van der Waals surface area contributed by atoms with E-state index in [1.54, 1.807) is 0 Å². The van der Waals surface area contributed by atoms with Crippen molar-refractivity contribution in [1.82, 2.24) is 9.97 Å². The van der Waals surface area contributed by atoms with E-state index >= 15 is 0 Å². The second kappa shape index (κ2) is 6.35. The number of hydrogen-bond acceptors (Lipinski definition) is 2. The fourth-order valence-electron chi connectivity index (χ4n) is 7.27. The highest BCUT2D eigenvalue weighted by atomic mass is 14.7. The summed E-state index contributed by atoms with van der Waals surface area (Å²) in [6, 6.07) is 36.0. The van der Waals surface area contributed by atoms with Crippen molar-refractivity contribution in [2.45, 2.75) is 11.8 Å². The van der Waals surface area contributed by atoms with Gasteiger partial charge in [0.05, 0.1) is 16.6 Å². The first-order chi connectivity index (χ1) is 17.9. The quantitative estimate of drug-likeness (QED) is 0.235. The number of nitrogens with zero attached hydrogens (tertiary/aromatic N) is 2. The number of aromatic nitrogens is 2. The predicted molar refractivity (Wildman–Crippen MR) is 144 cm³/mol. The van der Waals surface area contributed by atoms with Crippen LogP contribution in [0.4, 0.5) is 0 Å². The van der Waals surface area contributed by atoms with Crippen LogP contribution in [0.1, 0.15) is 33.4 Å². The second-order valence-electron chi connectivity index (χ2n) is 10.1. The van der Waals surface area contributed by atoms with Crippen LogP contribution in [0.3, 0.4) is 0 Å². The molecule has 166 valence electrons. The van der Waals surface area contributed by atoms with E-state index in [4.69, 9.17) is 9.97 Å². The van der Waals surface area contributed by atoms with E-state index < -0.39 is 0 Å². The molecule has 0 amide bonds. The van der Waals surface area contributed by atoms with Gasteiger partial charge in [-0.1, -0.05) is 66.7 Å². The standard InChI is InChI=1S/C34H20N2/c1-3-11-27-22(8-1)26-18-21-17-20-7-5-16-36-33(20)25(21)19-30(26)34(27)28-12-4-2-9-23(28)32-24-10-6-15-35-31(24)14-13-29(32)34/h1-16,18-19H,17H2. The topological polar surface area (TPSA) is 25.8 Å². The summed E-state index contributed by atoms with van der Waals surface area (Å²) in [5, 5.41) is 1.22. The van der Waals surface area contributed by atoms with Crippen LogP contribution >= 0.6 is 0 Å². The van der Waals surface area contributed by atoms with Gasteiger partial charge in [-0.25, -0.2) is 0 Å². The van der Waals surface area contributed by atoms with Crippen molar-refractivity contribution in [3.8, 4) is 33.5 Å². The fraction of sp³-hybridized carbons (Fsp3) is 0.0588. The van der Waals surface area contributed by atoms with Crippen LogP contribution in [0, 0.1) is 0 Å². The summed E-state index contributed by atoms with van der Waals surface area (Å²) < 4.78 is 0. The van der Waals surface area contributed by atoms with Gasteiger partial charge in [-0.05, 0) is 86.0 Å². The van der Waals surface area contributed by atoms with E-state index in [9.17, 15) is 0 Å².